The number of hydrogen-bond donors (Lipinski definition) is 1. The monoisotopic (exact) mass is 392 g/mol. The van der Waals surface area contributed by atoms with Gasteiger partial charge >= 0.3 is 0 Å². The number of hydrogen-bond acceptors (Lipinski definition) is 5. The van der Waals surface area contributed by atoms with Gasteiger partial charge in [-0.1, -0.05) is 6.07 Å². The summed E-state index contributed by atoms with van der Waals surface area (Å²) in [7, 11) is 1.67. The molecule has 2 fully saturated rings. The first kappa shape index (κ1) is 18.1. The van der Waals surface area contributed by atoms with E-state index in [9.17, 15) is 4.79 Å². The van der Waals surface area contributed by atoms with Crippen molar-refractivity contribution < 1.29 is 14.3 Å². The number of rotatable bonds is 4. The number of nitrogens with one attached hydrogen (secondary N) is 1. The van der Waals surface area contributed by atoms with E-state index in [1.807, 2.05) is 30.3 Å². The first-order valence-corrected chi connectivity index (χ1v) is 9.89. The lowest BCUT2D eigenvalue weighted by Crippen LogP contribution is -2.53. The predicted molar refractivity (Wildman–Crippen MR) is 109 cm³/mol. The second kappa shape index (κ2) is 7.17. The minimum atomic E-state index is -0.269. The summed E-state index contributed by atoms with van der Waals surface area (Å²) in [5.74, 6) is 0.801. The topological polar surface area (TPSA) is 68.1 Å². The maximum absolute atomic E-state index is 11.5. The fourth-order valence-electron chi connectivity index (χ4n) is 4.29. The van der Waals surface area contributed by atoms with Crippen LogP contribution in [0.25, 0.3) is 16.9 Å². The molecule has 1 amide bonds. The van der Waals surface area contributed by atoms with Gasteiger partial charge in [-0.05, 0) is 42.8 Å². The quantitative estimate of drug-likeness (QED) is 0.737. The first-order chi connectivity index (χ1) is 14.2. The molecule has 4 heterocycles. The lowest BCUT2D eigenvalue weighted by Gasteiger charge is -2.33. The van der Waals surface area contributed by atoms with Crippen molar-refractivity contribution in [2.45, 2.75) is 18.6 Å². The molecule has 3 aromatic rings. The highest BCUT2D eigenvalue weighted by Crippen LogP contribution is 2.31. The fraction of sp³-hybridized carbons (Fsp3) is 0.364. The van der Waals surface area contributed by atoms with Gasteiger partial charge < -0.3 is 19.2 Å². The van der Waals surface area contributed by atoms with Crippen LogP contribution in [-0.2, 0) is 16.1 Å². The number of amides is 1. The number of aromatic nitrogens is 2. The minimum Gasteiger partial charge on any atom is -0.497 e. The Kier molecular flexibility index (Phi) is 4.49. The normalized spacial score (nSPS) is 22.3. The number of fused-ring (bicyclic) bond motifs is 1. The molecule has 2 aliphatic heterocycles. The molecule has 1 aromatic carbocycles. The maximum atomic E-state index is 11.5. The largest absolute Gasteiger partial charge is 0.497 e. The Labute approximate surface area is 169 Å². The molecule has 1 spiro atoms. The standard InChI is InChI=1S/C22H24N4O3/c1-28-17-7-5-16(6-8-17)21-18(26-10-3-2-4-19(26)24-21)12-25-11-9-22(15-25)14-23-20(27)13-29-22/h2-8,10H,9,11-15H2,1H3,(H,23,27). The summed E-state index contributed by atoms with van der Waals surface area (Å²) in [5.41, 5.74) is 3.87. The summed E-state index contributed by atoms with van der Waals surface area (Å²) in [4.78, 5) is 18.8. The van der Waals surface area contributed by atoms with Crippen molar-refractivity contribution in [3.63, 3.8) is 0 Å². The van der Waals surface area contributed by atoms with Crippen LogP contribution in [0.3, 0.4) is 0 Å². The van der Waals surface area contributed by atoms with Crippen LogP contribution in [0, 0.1) is 0 Å². The predicted octanol–water partition coefficient (Wildman–Crippen LogP) is 2.10. The van der Waals surface area contributed by atoms with Crippen molar-refractivity contribution in [2.75, 3.05) is 33.4 Å². The van der Waals surface area contributed by atoms with E-state index in [1.165, 1.54) is 0 Å². The van der Waals surface area contributed by atoms with Crippen LogP contribution in [-0.4, -0.2) is 59.1 Å². The third-order valence-corrected chi connectivity index (χ3v) is 5.88. The van der Waals surface area contributed by atoms with E-state index in [0.717, 1.165) is 54.4 Å². The van der Waals surface area contributed by atoms with E-state index in [2.05, 4.69) is 32.9 Å². The Morgan fingerprint density at radius 1 is 1.24 bits per heavy atom. The number of benzene rings is 1. The number of methoxy groups -OCH3 is 1. The van der Waals surface area contributed by atoms with E-state index in [-0.39, 0.29) is 18.1 Å². The molecule has 0 aliphatic carbocycles. The van der Waals surface area contributed by atoms with Gasteiger partial charge in [0.15, 0.2) is 0 Å². The van der Waals surface area contributed by atoms with E-state index in [0.29, 0.717) is 6.54 Å². The van der Waals surface area contributed by atoms with Gasteiger partial charge in [0.2, 0.25) is 5.91 Å². The zero-order chi connectivity index (χ0) is 19.8. The number of nitrogens with zero attached hydrogens (tertiary/aromatic N) is 3. The van der Waals surface area contributed by atoms with Gasteiger partial charge in [-0.3, -0.25) is 9.69 Å². The number of ether oxygens (including phenoxy) is 2. The minimum absolute atomic E-state index is 0.0300. The molecule has 0 saturated carbocycles. The first-order valence-electron chi connectivity index (χ1n) is 9.89. The summed E-state index contributed by atoms with van der Waals surface area (Å²) in [6.45, 7) is 3.24. The molecule has 2 aliphatic rings. The molecule has 0 bridgehead atoms. The van der Waals surface area contributed by atoms with Crippen molar-refractivity contribution in [3.8, 4) is 17.0 Å². The van der Waals surface area contributed by atoms with Crippen molar-refractivity contribution in [3.05, 3.63) is 54.4 Å². The smallest absolute Gasteiger partial charge is 0.246 e. The van der Waals surface area contributed by atoms with Crippen molar-refractivity contribution >= 4 is 11.6 Å². The van der Waals surface area contributed by atoms with E-state index < -0.39 is 0 Å². The van der Waals surface area contributed by atoms with Gasteiger partial charge in [0.05, 0.1) is 24.1 Å². The highest BCUT2D eigenvalue weighted by molar-refractivity contribution is 5.78. The van der Waals surface area contributed by atoms with E-state index >= 15 is 0 Å². The van der Waals surface area contributed by atoms with Crippen LogP contribution >= 0.6 is 0 Å². The van der Waals surface area contributed by atoms with Crippen LogP contribution in [0.1, 0.15) is 12.1 Å². The number of morpholine rings is 1. The molecule has 2 aromatic heterocycles. The molecule has 1 atom stereocenters. The Morgan fingerprint density at radius 3 is 2.86 bits per heavy atom. The van der Waals surface area contributed by atoms with Crippen LogP contribution in [0.5, 0.6) is 5.75 Å². The molecule has 7 nitrogen and oxygen atoms in total. The highest BCUT2D eigenvalue weighted by atomic mass is 16.5. The Hall–Kier alpha value is -2.90. The zero-order valence-corrected chi connectivity index (χ0v) is 16.4. The molecule has 2 saturated heterocycles. The average molecular weight is 392 g/mol. The summed E-state index contributed by atoms with van der Waals surface area (Å²) in [6.07, 6.45) is 2.98. The second-order valence-electron chi connectivity index (χ2n) is 7.77. The number of imidazole rings is 1. The summed E-state index contributed by atoms with van der Waals surface area (Å²) in [5, 5.41) is 2.95. The zero-order valence-electron chi connectivity index (χ0n) is 16.4. The Morgan fingerprint density at radius 2 is 2.10 bits per heavy atom. The third kappa shape index (κ3) is 3.36. The summed E-state index contributed by atoms with van der Waals surface area (Å²) >= 11 is 0. The molecule has 1 N–H and O–H groups in total. The van der Waals surface area contributed by atoms with Crippen molar-refractivity contribution in [1.82, 2.24) is 19.6 Å². The maximum Gasteiger partial charge on any atom is 0.246 e. The number of carbonyl (C=O) groups excluding carboxylic acids is 1. The van der Waals surface area contributed by atoms with Gasteiger partial charge in [-0.15, -0.1) is 0 Å². The molecule has 29 heavy (non-hydrogen) atoms. The number of likely N-dealkylation sites (tertiary alicyclic amines) is 1. The summed E-state index contributed by atoms with van der Waals surface area (Å²) in [6, 6.07) is 14.1. The molecule has 5 rings (SSSR count). The fourth-order valence-corrected chi connectivity index (χ4v) is 4.29. The Balaban J connectivity index is 1.45. The van der Waals surface area contributed by atoms with Crippen molar-refractivity contribution in [1.29, 1.82) is 0 Å². The Bertz CT molecular complexity index is 1030. The van der Waals surface area contributed by atoms with Gasteiger partial charge in [0, 0.05) is 37.9 Å². The lowest BCUT2D eigenvalue weighted by molar-refractivity contribution is -0.142. The molecule has 150 valence electrons. The lowest BCUT2D eigenvalue weighted by atomic mass is 10.0. The summed E-state index contributed by atoms with van der Waals surface area (Å²) < 4.78 is 13.4. The average Bonchev–Trinajstić information content (AvgIpc) is 3.33. The molecule has 1 unspecified atom stereocenters. The van der Waals surface area contributed by atoms with E-state index in [1.54, 1.807) is 7.11 Å². The van der Waals surface area contributed by atoms with Gasteiger partial charge in [0.25, 0.3) is 0 Å². The third-order valence-electron chi connectivity index (χ3n) is 5.88. The van der Waals surface area contributed by atoms with Crippen LogP contribution < -0.4 is 10.1 Å². The SMILES string of the molecule is COc1ccc(-c2nc3ccccn3c2CN2CCC3(CNC(=O)CO3)C2)cc1. The number of carbonyl (C=O) groups is 1. The molecular formula is C22H24N4O3. The molecular weight excluding hydrogens is 368 g/mol. The number of pyridine rings is 1. The second-order valence-corrected chi connectivity index (χ2v) is 7.77. The van der Waals surface area contributed by atoms with Gasteiger partial charge in [-0.2, -0.15) is 0 Å². The molecule has 7 heteroatoms. The van der Waals surface area contributed by atoms with Gasteiger partial charge in [0.1, 0.15) is 18.0 Å². The van der Waals surface area contributed by atoms with Crippen LogP contribution in [0.4, 0.5) is 0 Å². The molecule has 0 radical (unpaired) electrons. The van der Waals surface area contributed by atoms with E-state index in [4.69, 9.17) is 14.5 Å². The van der Waals surface area contributed by atoms with Crippen molar-refractivity contribution in [2.24, 2.45) is 0 Å². The highest BCUT2D eigenvalue weighted by Gasteiger charge is 2.42. The van der Waals surface area contributed by atoms with Crippen LogP contribution in [0.15, 0.2) is 48.7 Å². The van der Waals surface area contributed by atoms with Crippen LogP contribution in [0.2, 0.25) is 0 Å². The van der Waals surface area contributed by atoms with Gasteiger partial charge in [-0.25, -0.2) is 4.98 Å².